The van der Waals surface area contributed by atoms with E-state index in [0.717, 1.165) is 0 Å². The predicted octanol–water partition coefficient (Wildman–Crippen LogP) is -1.07. The predicted molar refractivity (Wildman–Crippen MR) is 33.6 cm³/mol. The van der Waals surface area contributed by atoms with E-state index in [2.05, 4.69) is 10.1 Å². The van der Waals surface area contributed by atoms with Crippen molar-refractivity contribution in [1.29, 1.82) is 0 Å². The maximum atomic E-state index is 11.8. The van der Waals surface area contributed by atoms with Gasteiger partial charge in [-0.25, -0.2) is 5.10 Å². The Kier molecular flexibility index (Phi) is 4.27. The van der Waals surface area contributed by atoms with Gasteiger partial charge in [0.25, 0.3) is 0 Å². The molecule has 0 aliphatic carbocycles. The molecule has 74 valence electrons. The van der Waals surface area contributed by atoms with E-state index in [1.54, 1.807) is 0 Å². The lowest BCUT2D eigenvalue weighted by molar-refractivity contribution is 0.531. The molecule has 1 heterocycles. The second-order valence-electron chi connectivity index (χ2n) is 1.41. The molecule has 0 saturated heterocycles. The average Bonchev–Trinajstić information content (AvgIpc) is 2.35. The monoisotopic (exact) mass is 233 g/mol. The van der Waals surface area contributed by atoms with E-state index < -0.39 is 33.0 Å². The maximum absolute atomic E-state index is 11.8. The fourth-order valence-corrected chi connectivity index (χ4v) is 0.681. The SMILES string of the molecule is O=S(=O)(F)c1n[nH]c(F)n1.O=S=O. The Labute approximate surface area is 74.0 Å². The van der Waals surface area contributed by atoms with Crippen molar-refractivity contribution in [3.63, 3.8) is 0 Å². The molecule has 11 heteroatoms. The Morgan fingerprint density at radius 3 is 2.00 bits per heavy atom. The molecule has 0 radical (unpaired) electrons. The standard InChI is InChI=1S/C2HF2N3O2S.O2S/c3-1-5-2(7-6-1)10(4,8)9;1-3-2/h(H,5,6,7);. The number of hydrogen-bond donors (Lipinski definition) is 1. The minimum atomic E-state index is -4.98. The summed E-state index contributed by atoms with van der Waals surface area (Å²) in [4.78, 5) is 2.59. The number of aromatic nitrogens is 3. The smallest absolute Gasteiger partial charge is 0.234 e. The molecule has 0 aliphatic rings. The van der Waals surface area contributed by atoms with Crippen LogP contribution in [-0.2, 0) is 21.8 Å². The van der Waals surface area contributed by atoms with Crippen LogP contribution in [0.2, 0.25) is 0 Å². The molecule has 13 heavy (non-hydrogen) atoms. The van der Waals surface area contributed by atoms with Crippen molar-refractivity contribution in [1.82, 2.24) is 15.2 Å². The first-order valence-electron chi connectivity index (χ1n) is 2.36. The molecule has 0 aliphatic heterocycles. The molecule has 1 aromatic rings. The van der Waals surface area contributed by atoms with E-state index in [0.29, 0.717) is 0 Å². The van der Waals surface area contributed by atoms with E-state index in [4.69, 9.17) is 8.42 Å². The number of H-pyrrole nitrogens is 1. The van der Waals surface area contributed by atoms with Crippen LogP contribution in [0.3, 0.4) is 0 Å². The molecule has 0 amide bonds. The van der Waals surface area contributed by atoms with Gasteiger partial charge >= 0.3 is 33.0 Å². The van der Waals surface area contributed by atoms with E-state index in [-0.39, 0.29) is 0 Å². The Bertz CT molecular complexity index is 407. The Hall–Kier alpha value is -1.23. The van der Waals surface area contributed by atoms with Crippen molar-refractivity contribution in [2.75, 3.05) is 0 Å². The molecular weight excluding hydrogens is 232 g/mol. The van der Waals surface area contributed by atoms with Crippen LogP contribution in [0.1, 0.15) is 0 Å². The van der Waals surface area contributed by atoms with Gasteiger partial charge in [0.05, 0.1) is 0 Å². The molecule has 0 bridgehead atoms. The second-order valence-corrected chi connectivity index (χ2v) is 2.79. The molecule has 0 aromatic carbocycles. The number of rotatable bonds is 1. The highest BCUT2D eigenvalue weighted by Gasteiger charge is 2.18. The van der Waals surface area contributed by atoms with Crippen molar-refractivity contribution in [2.45, 2.75) is 5.16 Å². The average molecular weight is 233 g/mol. The minimum absolute atomic E-state index is 0.750. The molecule has 1 aromatic heterocycles. The Morgan fingerprint density at radius 1 is 1.38 bits per heavy atom. The van der Waals surface area contributed by atoms with Crippen molar-refractivity contribution in [2.24, 2.45) is 0 Å². The minimum Gasteiger partial charge on any atom is -0.234 e. The normalized spacial score (nSPS) is 10.0. The van der Waals surface area contributed by atoms with Gasteiger partial charge in [-0.15, -0.1) is 5.10 Å². The first-order chi connectivity index (χ1) is 5.91. The molecular formula is C2HF2N3O4S2. The summed E-state index contributed by atoms with van der Waals surface area (Å²) >= 11 is -0.750. The highest BCUT2D eigenvalue weighted by atomic mass is 32.3. The highest BCUT2D eigenvalue weighted by Crippen LogP contribution is 2.03. The lowest BCUT2D eigenvalue weighted by Crippen LogP contribution is -1.94. The van der Waals surface area contributed by atoms with Gasteiger partial charge in [-0.3, -0.25) is 0 Å². The van der Waals surface area contributed by atoms with Crippen LogP contribution in [0.15, 0.2) is 5.16 Å². The van der Waals surface area contributed by atoms with Gasteiger partial charge in [0.15, 0.2) is 0 Å². The van der Waals surface area contributed by atoms with Crippen molar-refractivity contribution < 1.29 is 25.1 Å². The Morgan fingerprint density at radius 2 is 1.85 bits per heavy atom. The molecule has 7 nitrogen and oxygen atoms in total. The summed E-state index contributed by atoms with van der Waals surface area (Å²) in [6, 6.07) is 0. The number of nitrogens with one attached hydrogen (secondary N) is 1. The topological polar surface area (TPSA) is 110 Å². The van der Waals surface area contributed by atoms with Gasteiger partial charge in [-0.05, 0) is 0 Å². The van der Waals surface area contributed by atoms with E-state index in [1.807, 2.05) is 0 Å². The van der Waals surface area contributed by atoms with Crippen LogP contribution in [0, 0.1) is 6.08 Å². The zero-order valence-electron chi connectivity index (χ0n) is 5.60. The molecule has 0 spiro atoms. The lowest BCUT2D eigenvalue weighted by atomic mass is 11.2. The van der Waals surface area contributed by atoms with Gasteiger partial charge in [0, 0.05) is 0 Å². The maximum Gasteiger partial charge on any atom is 0.370 e. The summed E-state index contributed by atoms with van der Waals surface area (Å²) in [6.07, 6.45) is -1.24. The number of aromatic amines is 1. The quantitative estimate of drug-likeness (QED) is 0.618. The van der Waals surface area contributed by atoms with Gasteiger partial charge in [-0.2, -0.15) is 26.2 Å². The van der Waals surface area contributed by atoms with Crippen LogP contribution in [0.25, 0.3) is 0 Å². The number of halogens is 2. The second kappa shape index (κ2) is 4.71. The number of hydrogen-bond acceptors (Lipinski definition) is 6. The zero-order chi connectivity index (χ0) is 10.5. The van der Waals surface area contributed by atoms with Crippen LogP contribution >= 0.6 is 0 Å². The Balaban J connectivity index is 0.000000424. The fraction of sp³-hybridized carbons (Fsp3) is 0. The first kappa shape index (κ1) is 11.8. The van der Waals surface area contributed by atoms with Gasteiger partial charge in [0.1, 0.15) is 0 Å². The van der Waals surface area contributed by atoms with E-state index in [1.165, 1.54) is 5.10 Å². The third-order valence-corrected chi connectivity index (χ3v) is 1.27. The van der Waals surface area contributed by atoms with Gasteiger partial charge in [0.2, 0.25) is 0 Å². The third-order valence-electron chi connectivity index (χ3n) is 0.656. The molecule has 1 rings (SSSR count). The summed E-state index contributed by atoms with van der Waals surface area (Å²) in [6.45, 7) is 0. The molecule has 0 unspecified atom stereocenters. The third kappa shape index (κ3) is 4.37. The van der Waals surface area contributed by atoms with E-state index in [9.17, 15) is 16.7 Å². The summed E-state index contributed by atoms with van der Waals surface area (Å²) in [5.74, 6) is 0. The molecule has 0 saturated carbocycles. The van der Waals surface area contributed by atoms with E-state index >= 15 is 0 Å². The van der Waals surface area contributed by atoms with Gasteiger partial charge < -0.3 is 0 Å². The highest BCUT2D eigenvalue weighted by molar-refractivity contribution is 7.86. The molecule has 1 N–H and O–H groups in total. The summed E-state index contributed by atoms with van der Waals surface area (Å²) in [5, 5.41) is 3.05. The van der Waals surface area contributed by atoms with Crippen LogP contribution in [0.5, 0.6) is 0 Å². The number of nitrogens with zero attached hydrogens (tertiary/aromatic N) is 2. The van der Waals surface area contributed by atoms with Crippen molar-refractivity contribution in [3.05, 3.63) is 6.08 Å². The summed E-state index contributed by atoms with van der Waals surface area (Å²) in [5.41, 5.74) is 0. The molecule has 0 fully saturated rings. The van der Waals surface area contributed by atoms with Crippen LogP contribution in [-0.4, -0.2) is 32.0 Å². The van der Waals surface area contributed by atoms with Crippen LogP contribution < -0.4 is 0 Å². The van der Waals surface area contributed by atoms with Crippen molar-refractivity contribution >= 4 is 21.8 Å². The zero-order valence-corrected chi connectivity index (χ0v) is 7.23. The summed E-state index contributed by atoms with van der Waals surface area (Å²) < 4.78 is 59.9. The van der Waals surface area contributed by atoms with Crippen LogP contribution in [0.4, 0.5) is 8.28 Å². The van der Waals surface area contributed by atoms with Gasteiger partial charge in [-0.1, -0.05) is 3.89 Å². The first-order valence-corrected chi connectivity index (χ1v) is 4.41. The summed E-state index contributed by atoms with van der Waals surface area (Å²) in [7, 11) is -4.98. The molecule has 0 atom stereocenters. The fourth-order valence-electron chi connectivity index (χ4n) is 0.337. The lowest BCUT2D eigenvalue weighted by Gasteiger charge is -1.78. The van der Waals surface area contributed by atoms with Crippen molar-refractivity contribution in [3.8, 4) is 0 Å². The largest absolute Gasteiger partial charge is 0.370 e.